The Morgan fingerprint density at radius 1 is 1.22 bits per heavy atom. The molecule has 2 bridgehead atoms. The van der Waals surface area contributed by atoms with E-state index in [4.69, 9.17) is 9.47 Å². The number of carbonyl (C=O) groups excluding carboxylic acids is 2. The second-order valence-electron chi connectivity index (χ2n) is 10.3. The first kappa shape index (κ1) is 23.4. The number of hydrogen-bond donors (Lipinski definition) is 2. The first-order valence-corrected chi connectivity index (χ1v) is 13.4. The van der Waals surface area contributed by atoms with E-state index in [9.17, 15) is 22.4 Å². The lowest BCUT2D eigenvalue weighted by molar-refractivity contribution is -0.154. The Labute approximate surface area is 207 Å². The van der Waals surface area contributed by atoms with Crippen LogP contribution in [-0.2, 0) is 26.6 Å². The van der Waals surface area contributed by atoms with Gasteiger partial charge in [-0.15, -0.1) is 0 Å². The van der Waals surface area contributed by atoms with Crippen LogP contribution < -0.4 is 14.8 Å². The molecule has 2 N–H and O–H groups in total. The van der Waals surface area contributed by atoms with E-state index in [0.29, 0.717) is 30.3 Å². The highest BCUT2D eigenvalue weighted by molar-refractivity contribution is 7.89. The molecule has 1 saturated carbocycles. The highest BCUT2D eigenvalue weighted by Gasteiger charge is 2.59. The Morgan fingerprint density at radius 2 is 2.00 bits per heavy atom. The van der Waals surface area contributed by atoms with Crippen molar-refractivity contribution in [3.05, 3.63) is 41.5 Å². The van der Waals surface area contributed by atoms with Gasteiger partial charge in [0.15, 0.2) is 11.4 Å². The number of fused-ring (bicyclic) bond motifs is 3. The number of amides is 2. The minimum absolute atomic E-state index is 0.0282. The highest BCUT2D eigenvalue weighted by atomic mass is 32.2. The van der Waals surface area contributed by atoms with E-state index in [0.717, 1.165) is 12.8 Å². The third-order valence-electron chi connectivity index (χ3n) is 7.72. The van der Waals surface area contributed by atoms with Crippen LogP contribution in [0.15, 0.2) is 29.3 Å². The van der Waals surface area contributed by atoms with Crippen molar-refractivity contribution in [2.75, 3.05) is 31.6 Å². The van der Waals surface area contributed by atoms with Crippen molar-refractivity contribution in [3.8, 4) is 5.75 Å². The number of nitrogens with one attached hydrogen (secondary N) is 2. The van der Waals surface area contributed by atoms with Crippen LogP contribution in [0.1, 0.15) is 28.9 Å². The Kier molecular flexibility index (Phi) is 5.22. The van der Waals surface area contributed by atoms with Gasteiger partial charge in [0.1, 0.15) is 16.3 Å². The van der Waals surface area contributed by atoms with E-state index in [1.54, 1.807) is 18.9 Å². The van der Waals surface area contributed by atoms with Gasteiger partial charge in [0.2, 0.25) is 10.0 Å². The van der Waals surface area contributed by atoms with Crippen molar-refractivity contribution < 1.29 is 31.9 Å². The number of likely N-dealkylation sites (tertiary alicyclic amines) is 1. The minimum atomic E-state index is -4.04. The number of anilines is 1. The van der Waals surface area contributed by atoms with Crippen LogP contribution in [0.5, 0.6) is 5.75 Å². The quantitative estimate of drug-likeness (QED) is 0.634. The second kappa shape index (κ2) is 8.02. The van der Waals surface area contributed by atoms with E-state index >= 15 is 0 Å². The van der Waals surface area contributed by atoms with Crippen molar-refractivity contribution >= 4 is 27.5 Å². The number of aryl methyl sites for hydroxylation is 2. The maximum absolute atomic E-state index is 13.6. The lowest BCUT2D eigenvalue weighted by atomic mass is 9.74. The molecule has 1 aromatic heterocycles. The number of halogens is 1. The number of rotatable bonds is 3. The molecule has 192 valence electrons. The van der Waals surface area contributed by atoms with Crippen molar-refractivity contribution in [2.24, 2.45) is 18.9 Å². The van der Waals surface area contributed by atoms with Crippen LogP contribution in [0.25, 0.3) is 0 Å². The molecule has 2 amide bonds. The van der Waals surface area contributed by atoms with Gasteiger partial charge < -0.3 is 24.3 Å². The summed E-state index contributed by atoms with van der Waals surface area (Å²) in [5.41, 5.74) is 0.0143. The molecule has 4 aliphatic heterocycles. The fourth-order valence-electron chi connectivity index (χ4n) is 5.79. The van der Waals surface area contributed by atoms with Crippen molar-refractivity contribution in [1.29, 1.82) is 0 Å². The van der Waals surface area contributed by atoms with Crippen molar-refractivity contribution in [1.82, 2.24) is 14.2 Å². The zero-order chi connectivity index (χ0) is 25.4. The summed E-state index contributed by atoms with van der Waals surface area (Å²) in [6, 6.07) is 3.66. The molecule has 0 spiro atoms. The van der Waals surface area contributed by atoms with Gasteiger partial charge in [-0.05, 0) is 49.4 Å². The molecule has 10 nitrogen and oxygen atoms in total. The van der Waals surface area contributed by atoms with Gasteiger partial charge in [0.05, 0.1) is 13.2 Å². The predicted molar refractivity (Wildman–Crippen MR) is 126 cm³/mol. The number of hydrogen-bond acceptors (Lipinski definition) is 6. The van der Waals surface area contributed by atoms with Crippen LogP contribution in [0.4, 0.5) is 10.1 Å². The third kappa shape index (κ3) is 3.61. The lowest BCUT2D eigenvalue weighted by Crippen LogP contribution is -2.52. The smallest absolute Gasteiger partial charge is 0.276 e. The number of aromatic nitrogens is 1. The molecule has 1 aliphatic carbocycles. The molecule has 36 heavy (non-hydrogen) atoms. The first-order valence-electron chi connectivity index (χ1n) is 11.9. The fraction of sp³-hybridized carbons (Fsp3) is 0.500. The monoisotopic (exact) mass is 518 g/mol. The number of carbonyl (C=O) groups is 2. The first-order chi connectivity index (χ1) is 17.1. The lowest BCUT2D eigenvalue weighted by Gasteiger charge is -2.37. The Balaban J connectivity index is 1.25. The van der Waals surface area contributed by atoms with Gasteiger partial charge in [-0.25, -0.2) is 17.5 Å². The van der Waals surface area contributed by atoms with E-state index < -0.39 is 33.4 Å². The van der Waals surface area contributed by atoms with Gasteiger partial charge >= 0.3 is 0 Å². The Morgan fingerprint density at radius 3 is 2.69 bits per heavy atom. The van der Waals surface area contributed by atoms with E-state index in [-0.39, 0.29) is 41.3 Å². The number of nitrogens with zero attached hydrogens (tertiary/aromatic N) is 2. The molecule has 5 heterocycles. The van der Waals surface area contributed by atoms with Crippen molar-refractivity contribution in [3.63, 3.8) is 0 Å². The largest absolute Gasteiger partial charge is 0.489 e. The molecule has 5 aliphatic rings. The molecular weight excluding hydrogens is 491 g/mol. The summed E-state index contributed by atoms with van der Waals surface area (Å²) in [6.45, 7) is 2.88. The van der Waals surface area contributed by atoms with E-state index in [2.05, 4.69) is 10.0 Å². The summed E-state index contributed by atoms with van der Waals surface area (Å²) in [5.74, 6) is -0.976. The Bertz CT molecular complexity index is 1380. The second-order valence-corrected chi connectivity index (χ2v) is 12.0. The number of benzene rings is 1. The molecule has 0 radical (unpaired) electrons. The maximum atomic E-state index is 13.6. The molecule has 12 heteroatoms. The highest BCUT2D eigenvalue weighted by Crippen LogP contribution is 2.49. The molecule has 3 saturated heterocycles. The topological polar surface area (TPSA) is 119 Å². The van der Waals surface area contributed by atoms with Gasteiger partial charge in [0.25, 0.3) is 11.8 Å². The zero-order valence-electron chi connectivity index (χ0n) is 19.9. The van der Waals surface area contributed by atoms with Crippen LogP contribution in [0.3, 0.4) is 0 Å². The fourth-order valence-corrected chi connectivity index (χ4v) is 7.28. The average molecular weight is 519 g/mol. The van der Waals surface area contributed by atoms with Crippen LogP contribution in [0.2, 0.25) is 0 Å². The zero-order valence-corrected chi connectivity index (χ0v) is 20.7. The minimum Gasteiger partial charge on any atom is -0.489 e. The summed E-state index contributed by atoms with van der Waals surface area (Å²) >= 11 is 0. The van der Waals surface area contributed by atoms with Crippen LogP contribution in [0, 0.1) is 24.6 Å². The summed E-state index contributed by atoms with van der Waals surface area (Å²) in [5, 5.41) is 2.69. The normalized spacial score (nSPS) is 29.9. The molecular formula is C24H27FN4O6S. The van der Waals surface area contributed by atoms with Crippen LogP contribution in [-0.4, -0.2) is 67.6 Å². The number of ether oxygens (including phenoxy) is 2. The molecule has 1 aromatic carbocycles. The van der Waals surface area contributed by atoms with Gasteiger partial charge in [-0.2, -0.15) is 0 Å². The number of sulfonamides is 1. The Hall–Kier alpha value is -2.96. The van der Waals surface area contributed by atoms with E-state index in [1.165, 1.54) is 29.0 Å². The summed E-state index contributed by atoms with van der Waals surface area (Å²) in [4.78, 5) is 27.8. The summed E-state index contributed by atoms with van der Waals surface area (Å²) < 4.78 is 56.1. The van der Waals surface area contributed by atoms with Crippen molar-refractivity contribution in [2.45, 2.75) is 36.3 Å². The predicted octanol–water partition coefficient (Wildman–Crippen LogP) is 1.40. The SMILES string of the molecule is Cc1cc(NC(=O)c2c3c(cn2C)S(=O)(=O)N[C@H]2CN(C(=O)C45CC(CO4)C5)C[C@H]2CO3)ccc1F. The average Bonchev–Trinajstić information content (AvgIpc) is 3.56. The van der Waals surface area contributed by atoms with Gasteiger partial charge in [-0.3, -0.25) is 9.59 Å². The molecule has 0 unspecified atom stereocenters. The molecule has 2 atom stereocenters. The van der Waals surface area contributed by atoms with Crippen LogP contribution >= 0.6 is 0 Å². The van der Waals surface area contributed by atoms with E-state index in [1.807, 2.05) is 0 Å². The summed E-state index contributed by atoms with van der Waals surface area (Å²) in [6.07, 6.45) is 2.77. The van der Waals surface area contributed by atoms with Gasteiger partial charge in [0, 0.05) is 44.0 Å². The standard InChI is InChI=1S/C24H27FN4O6S/c1-13-5-16(3-4-17(13)25)26-22(30)20-21-19(10-28(20)2)36(32,33)27-18-9-29(8-15(18)12-34-21)23(31)24-6-14(7-24)11-35-24/h3-5,10,14-15,18,27H,6-9,11-12H2,1-2H3,(H,26,30)/t14?,15-,18-,24?/m0/s1. The molecule has 4 fully saturated rings. The maximum Gasteiger partial charge on any atom is 0.276 e. The molecule has 7 rings (SSSR count). The summed E-state index contributed by atoms with van der Waals surface area (Å²) in [7, 11) is -2.49. The third-order valence-corrected chi connectivity index (χ3v) is 9.20. The molecule has 2 aromatic rings. The van der Waals surface area contributed by atoms with Gasteiger partial charge in [-0.1, -0.05) is 0 Å².